The molecule has 1 aliphatic carbocycles. The van der Waals surface area contributed by atoms with E-state index in [9.17, 15) is 17.6 Å². The number of rotatable bonds is 7. The van der Waals surface area contributed by atoms with Crippen LogP contribution >= 0.6 is 0 Å². The van der Waals surface area contributed by atoms with Crippen molar-refractivity contribution in [2.75, 3.05) is 0 Å². The molecular weight excluding hydrogens is 396 g/mol. The van der Waals surface area contributed by atoms with Crippen LogP contribution in [-0.4, -0.2) is 8.80 Å². The Bertz CT molecular complexity index is 665. The minimum Gasteiger partial charge on any atom is -0.453 e. The van der Waals surface area contributed by atoms with E-state index in [1.165, 1.54) is 55.9 Å². The third kappa shape index (κ3) is 6.09. The zero-order chi connectivity index (χ0) is 20.8. The molecule has 0 spiro atoms. The van der Waals surface area contributed by atoms with Crippen molar-refractivity contribution in [1.82, 2.24) is 0 Å². The second-order valence-electron chi connectivity index (χ2n) is 8.87. The summed E-state index contributed by atoms with van der Waals surface area (Å²) in [5, 5.41) is 0. The summed E-state index contributed by atoms with van der Waals surface area (Å²) in [5.74, 6) is -0.882. The highest BCUT2D eigenvalue weighted by atomic mass is 28.3. The zero-order valence-corrected chi connectivity index (χ0v) is 18.4. The molecule has 0 radical (unpaired) electrons. The second-order valence-corrected chi connectivity index (χ2v) is 12.3. The number of unbranched alkanes of at least 4 members (excludes halogenated alkanes) is 1. The van der Waals surface area contributed by atoms with Gasteiger partial charge in [0.1, 0.15) is 0 Å². The third-order valence-corrected chi connectivity index (χ3v) is 10.6. The summed E-state index contributed by atoms with van der Waals surface area (Å²) < 4.78 is 57.0. The lowest BCUT2D eigenvalue weighted by atomic mass is 9.72. The zero-order valence-electron chi connectivity index (χ0n) is 17.2. The van der Waals surface area contributed by atoms with E-state index in [-0.39, 0.29) is 12.2 Å². The van der Waals surface area contributed by atoms with Gasteiger partial charge in [0.15, 0.2) is 23.6 Å². The van der Waals surface area contributed by atoms with Crippen molar-refractivity contribution in [3.05, 3.63) is 41.7 Å². The van der Waals surface area contributed by atoms with Crippen LogP contribution in [0.15, 0.2) is 24.5 Å². The SMILES string of the molecule is CCCC[SiH]1CCC(C2CCC(c3cc(F)c(OC=C(F)F)c(F)c3)CC2)CC1. The Balaban J connectivity index is 1.52. The maximum Gasteiger partial charge on any atom is 0.305 e. The van der Waals surface area contributed by atoms with Crippen LogP contribution in [0.3, 0.4) is 0 Å². The largest absolute Gasteiger partial charge is 0.453 e. The summed E-state index contributed by atoms with van der Waals surface area (Å²) in [7, 11) is -0.473. The van der Waals surface area contributed by atoms with Crippen LogP contribution in [0, 0.1) is 23.5 Å². The van der Waals surface area contributed by atoms with Crippen molar-refractivity contribution in [3.63, 3.8) is 0 Å². The fourth-order valence-electron chi connectivity index (χ4n) is 5.40. The monoisotopic (exact) mass is 428 g/mol. The Morgan fingerprint density at radius 2 is 1.59 bits per heavy atom. The first kappa shape index (κ1) is 22.4. The lowest BCUT2D eigenvalue weighted by Gasteiger charge is -2.37. The Morgan fingerprint density at radius 1 is 1.00 bits per heavy atom. The topological polar surface area (TPSA) is 9.23 Å². The Kier molecular flexibility index (Phi) is 8.22. The fraction of sp³-hybridized carbons (Fsp3) is 0.652. The molecule has 0 amide bonds. The Hall–Kier alpha value is -1.30. The number of ether oxygens (including phenoxy) is 1. The normalized spacial score (nSPS) is 27.5. The second kappa shape index (κ2) is 10.6. The molecule has 1 saturated heterocycles. The lowest BCUT2D eigenvalue weighted by Crippen LogP contribution is -2.28. The lowest BCUT2D eigenvalue weighted by molar-refractivity contribution is 0.216. The number of hydrogen-bond acceptors (Lipinski definition) is 1. The molecule has 1 aliphatic heterocycles. The molecule has 2 fully saturated rings. The van der Waals surface area contributed by atoms with Crippen molar-refractivity contribution >= 4 is 8.80 Å². The summed E-state index contributed by atoms with van der Waals surface area (Å²) in [4.78, 5) is 0. The molecule has 1 nitrogen and oxygen atoms in total. The fourth-order valence-corrected chi connectivity index (χ4v) is 9.05. The molecule has 162 valence electrons. The highest BCUT2D eigenvalue weighted by molar-refractivity contribution is 6.58. The van der Waals surface area contributed by atoms with Crippen molar-refractivity contribution in [2.24, 2.45) is 11.8 Å². The first-order valence-corrected chi connectivity index (χ1v) is 13.6. The van der Waals surface area contributed by atoms with Crippen LogP contribution < -0.4 is 4.74 Å². The standard InChI is InChI=1S/C23H32F4OSi/c1-2-3-10-29-11-8-18(9-12-29)16-4-6-17(7-5-16)19-13-20(24)23(21(25)14-19)28-15-22(26)27/h13-18,29H,2-12H2,1H3. The van der Waals surface area contributed by atoms with Crippen molar-refractivity contribution < 1.29 is 22.3 Å². The first-order valence-electron chi connectivity index (χ1n) is 11.1. The third-order valence-electron chi connectivity index (χ3n) is 7.05. The van der Waals surface area contributed by atoms with Gasteiger partial charge in [-0.3, -0.25) is 0 Å². The predicted molar refractivity (Wildman–Crippen MR) is 111 cm³/mol. The van der Waals surface area contributed by atoms with E-state index in [1.54, 1.807) is 0 Å². The summed E-state index contributed by atoms with van der Waals surface area (Å²) in [6, 6.07) is 7.00. The van der Waals surface area contributed by atoms with Gasteiger partial charge >= 0.3 is 6.08 Å². The van der Waals surface area contributed by atoms with Crippen LogP contribution in [0.5, 0.6) is 5.75 Å². The van der Waals surface area contributed by atoms with Crippen molar-refractivity contribution in [1.29, 1.82) is 0 Å². The van der Waals surface area contributed by atoms with E-state index in [1.807, 2.05) is 0 Å². The van der Waals surface area contributed by atoms with Gasteiger partial charge in [-0.2, -0.15) is 8.78 Å². The highest BCUT2D eigenvalue weighted by Gasteiger charge is 2.32. The predicted octanol–water partition coefficient (Wildman–Crippen LogP) is 7.79. The molecule has 1 aromatic carbocycles. The summed E-state index contributed by atoms with van der Waals surface area (Å²) in [6.07, 6.45) is 7.55. The highest BCUT2D eigenvalue weighted by Crippen LogP contribution is 2.44. The summed E-state index contributed by atoms with van der Waals surface area (Å²) in [6.45, 7) is 2.28. The number of hydrogen-bond donors (Lipinski definition) is 0. The summed E-state index contributed by atoms with van der Waals surface area (Å²) in [5.41, 5.74) is 0.617. The average Bonchev–Trinajstić information content (AvgIpc) is 2.72. The molecule has 1 aromatic rings. The first-order chi connectivity index (χ1) is 14.0. The maximum absolute atomic E-state index is 14.2. The average molecular weight is 429 g/mol. The maximum atomic E-state index is 14.2. The minimum absolute atomic E-state index is 0.0617. The van der Waals surface area contributed by atoms with E-state index in [0.717, 1.165) is 37.5 Å². The van der Waals surface area contributed by atoms with Gasteiger partial charge in [0.2, 0.25) is 0 Å². The molecule has 0 aromatic heterocycles. The number of benzene rings is 1. The molecule has 3 rings (SSSR count). The van der Waals surface area contributed by atoms with Crippen LogP contribution in [0.4, 0.5) is 17.6 Å². The van der Waals surface area contributed by atoms with Gasteiger partial charge in [0.05, 0.1) is 0 Å². The molecule has 0 N–H and O–H groups in total. The molecule has 6 heteroatoms. The van der Waals surface area contributed by atoms with E-state index in [4.69, 9.17) is 0 Å². The van der Waals surface area contributed by atoms with Crippen LogP contribution in [-0.2, 0) is 0 Å². The van der Waals surface area contributed by atoms with E-state index >= 15 is 0 Å². The molecule has 0 unspecified atom stereocenters. The molecule has 0 atom stereocenters. The number of halogens is 4. The van der Waals surface area contributed by atoms with Gasteiger partial charge < -0.3 is 4.74 Å². The molecule has 29 heavy (non-hydrogen) atoms. The summed E-state index contributed by atoms with van der Waals surface area (Å²) >= 11 is 0. The van der Waals surface area contributed by atoms with Crippen LogP contribution in [0.25, 0.3) is 0 Å². The van der Waals surface area contributed by atoms with E-state index in [0.29, 0.717) is 5.56 Å². The quantitative estimate of drug-likeness (QED) is 0.245. The van der Waals surface area contributed by atoms with Crippen molar-refractivity contribution in [3.8, 4) is 5.75 Å². The van der Waals surface area contributed by atoms with Crippen LogP contribution in [0.2, 0.25) is 18.1 Å². The van der Waals surface area contributed by atoms with Gasteiger partial charge in [0.25, 0.3) is 0 Å². The molecule has 0 bridgehead atoms. The van der Waals surface area contributed by atoms with E-state index < -0.39 is 32.3 Å². The van der Waals surface area contributed by atoms with Gasteiger partial charge in [-0.25, -0.2) is 8.78 Å². The van der Waals surface area contributed by atoms with Crippen molar-refractivity contribution in [2.45, 2.75) is 82.3 Å². The van der Waals surface area contributed by atoms with Gasteiger partial charge in [-0.05, 0) is 61.1 Å². The van der Waals surface area contributed by atoms with Crippen LogP contribution in [0.1, 0.15) is 69.8 Å². The molecular formula is C23H32F4OSi. The minimum atomic E-state index is -2.13. The van der Waals surface area contributed by atoms with E-state index in [2.05, 4.69) is 11.7 Å². The molecule has 1 saturated carbocycles. The van der Waals surface area contributed by atoms with Gasteiger partial charge in [0, 0.05) is 8.80 Å². The molecule has 2 aliphatic rings. The molecule has 1 heterocycles. The van der Waals surface area contributed by atoms with Gasteiger partial charge in [-0.15, -0.1) is 0 Å². The van der Waals surface area contributed by atoms with Gasteiger partial charge in [-0.1, -0.05) is 50.7 Å². The Labute approximate surface area is 173 Å². The smallest absolute Gasteiger partial charge is 0.305 e. The Morgan fingerprint density at radius 3 is 2.14 bits per heavy atom.